The number of hydrogen-bond donors (Lipinski definition) is 1. The smallest absolute Gasteiger partial charge is 0.260 e. The zero-order valence-corrected chi connectivity index (χ0v) is 14.4. The van der Waals surface area contributed by atoms with E-state index in [1.807, 2.05) is 41.1 Å². The molecule has 1 aromatic carbocycles. The quantitative estimate of drug-likeness (QED) is 0.413. The Morgan fingerprint density at radius 2 is 1.96 bits per heavy atom. The molecule has 23 heavy (non-hydrogen) atoms. The molecule has 6 heteroatoms. The van der Waals surface area contributed by atoms with Crippen LogP contribution in [-0.4, -0.2) is 9.97 Å². The van der Waals surface area contributed by atoms with Gasteiger partial charge in [-0.3, -0.25) is 4.79 Å². The number of H-pyrrole nitrogens is 1. The van der Waals surface area contributed by atoms with Gasteiger partial charge >= 0.3 is 0 Å². The lowest BCUT2D eigenvalue weighted by molar-refractivity contribution is 0.980. The van der Waals surface area contributed by atoms with E-state index in [0.29, 0.717) is 10.5 Å². The number of aromatic nitrogens is 2. The molecular weight excluding hydrogens is 344 g/mol. The predicted molar refractivity (Wildman–Crippen MR) is 99.6 cm³/mol. The van der Waals surface area contributed by atoms with Gasteiger partial charge in [0.2, 0.25) is 0 Å². The maximum Gasteiger partial charge on any atom is 0.260 e. The molecule has 0 atom stereocenters. The summed E-state index contributed by atoms with van der Waals surface area (Å²) in [6, 6.07) is 14.2. The maximum absolute atomic E-state index is 12.5. The number of nitrogens with one attached hydrogen (secondary N) is 1. The van der Waals surface area contributed by atoms with E-state index in [1.165, 1.54) is 16.9 Å². The molecule has 0 bridgehead atoms. The van der Waals surface area contributed by atoms with Crippen LogP contribution < -0.4 is 5.56 Å². The highest BCUT2D eigenvalue weighted by Crippen LogP contribution is 2.34. The minimum atomic E-state index is -0.0600. The first-order valence-corrected chi connectivity index (χ1v) is 9.78. The normalized spacial score (nSPS) is 11.1. The first-order chi connectivity index (χ1) is 11.3. The van der Waals surface area contributed by atoms with Gasteiger partial charge in [0.15, 0.2) is 5.16 Å². The lowest BCUT2D eigenvalue weighted by atomic mass is 10.2. The van der Waals surface area contributed by atoms with E-state index in [1.54, 1.807) is 23.1 Å². The highest BCUT2D eigenvalue weighted by Gasteiger charge is 2.13. The van der Waals surface area contributed by atoms with Gasteiger partial charge in [0.25, 0.3) is 5.56 Å². The molecule has 0 unspecified atom stereocenters. The van der Waals surface area contributed by atoms with Gasteiger partial charge in [-0.25, -0.2) is 4.98 Å². The predicted octanol–water partition coefficient (Wildman–Crippen LogP) is 5.01. The Morgan fingerprint density at radius 1 is 1.09 bits per heavy atom. The Bertz CT molecular complexity index is 988. The number of nitrogens with zero attached hydrogens (tertiary/aromatic N) is 1. The van der Waals surface area contributed by atoms with Crippen molar-refractivity contribution < 1.29 is 0 Å². The van der Waals surface area contributed by atoms with E-state index < -0.39 is 0 Å². The second kappa shape index (κ2) is 6.31. The summed E-state index contributed by atoms with van der Waals surface area (Å²) in [7, 11) is 0. The van der Waals surface area contributed by atoms with E-state index >= 15 is 0 Å². The van der Waals surface area contributed by atoms with Crippen molar-refractivity contribution >= 4 is 44.7 Å². The fourth-order valence-electron chi connectivity index (χ4n) is 2.34. The first kappa shape index (κ1) is 14.7. The monoisotopic (exact) mass is 356 g/mol. The third-order valence-corrected chi connectivity index (χ3v) is 6.15. The summed E-state index contributed by atoms with van der Waals surface area (Å²) in [4.78, 5) is 21.9. The lowest BCUT2D eigenvalue weighted by Crippen LogP contribution is -2.08. The summed E-state index contributed by atoms with van der Waals surface area (Å²) in [5.41, 5.74) is 2.13. The standard InChI is InChI=1S/C17H12N2OS3/c20-15-14-12(13-7-4-8-21-13)10-22-16(14)19-17(18-15)23-9-11-5-2-1-3-6-11/h1-8,10H,9H2,(H,18,19,20). The number of fused-ring (bicyclic) bond motifs is 1. The maximum atomic E-state index is 12.5. The molecule has 0 saturated carbocycles. The van der Waals surface area contributed by atoms with Crippen LogP contribution in [0.25, 0.3) is 20.7 Å². The van der Waals surface area contributed by atoms with Crippen molar-refractivity contribution in [2.75, 3.05) is 0 Å². The van der Waals surface area contributed by atoms with Gasteiger partial charge in [-0.1, -0.05) is 48.2 Å². The molecular formula is C17H12N2OS3. The van der Waals surface area contributed by atoms with E-state index in [4.69, 9.17) is 0 Å². The Morgan fingerprint density at radius 3 is 2.74 bits per heavy atom. The summed E-state index contributed by atoms with van der Waals surface area (Å²) in [5, 5.41) is 5.40. The molecule has 114 valence electrons. The fraction of sp³-hybridized carbons (Fsp3) is 0.0588. The van der Waals surface area contributed by atoms with Gasteiger partial charge in [-0.15, -0.1) is 22.7 Å². The van der Waals surface area contributed by atoms with Crippen molar-refractivity contribution in [3.05, 3.63) is 69.1 Å². The second-order valence-corrected chi connectivity index (χ2v) is 7.72. The van der Waals surface area contributed by atoms with E-state index in [9.17, 15) is 4.79 Å². The molecule has 0 amide bonds. The summed E-state index contributed by atoms with van der Waals surface area (Å²) < 4.78 is 0. The lowest BCUT2D eigenvalue weighted by Gasteiger charge is -2.02. The van der Waals surface area contributed by atoms with Crippen molar-refractivity contribution in [3.63, 3.8) is 0 Å². The van der Waals surface area contributed by atoms with Crippen LogP contribution in [0.15, 0.2) is 63.2 Å². The average molecular weight is 356 g/mol. The van der Waals surface area contributed by atoms with Gasteiger partial charge in [-0.2, -0.15) is 0 Å². The summed E-state index contributed by atoms with van der Waals surface area (Å²) >= 11 is 4.71. The molecule has 0 saturated heterocycles. The largest absolute Gasteiger partial charge is 0.301 e. The summed E-state index contributed by atoms with van der Waals surface area (Å²) in [6.07, 6.45) is 0. The van der Waals surface area contributed by atoms with Gasteiger partial charge in [0.1, 0.15) is 4.83 Å². The molecule has 3 aromatic heterocycles. The minimum absolute atomic E-state index is 0.0600. The number of thioether (sulfide) groups is 1. The van der Waals surface area contributed by atoms with Gasteiger partial charge in [0, 0.05) is 21.6 Å². The minimum Gasteiger partial charge on any atom is -0.301 e. The van der Waals surface area contributed by atoms with E-state index in [0.717, 1.165) is 21.0 Å². The third kappa shape index (κ3) is 2.97. The van der Waals surface area contributed by atoms with Crippen molar-refractivity contribution in [2.45, 2.75) is 10.9 Å². The Labute approximate surface area is 145 Å². The van der Waals surface area contributed by atoms with Crippen LogP contribution in [-0.2, 0) is 5.75 Å². The van der Waals surface area contributed by atoms with Crippen LogP contribution >= 0.6 is 34.4 Å². The molecule has 0 aliphatic heterocycles. The topological polar surface area (TPSA) is 45.8 Å². The molecule has 0 aliphatic carbocycles. The highest BCUT2D eigenvalue weighted by atomic mass is 32.2. The molecule has 0 radical (unpaired) electrons. The number of benzene rings is 1. The van der Waals surface area contributed by atoms with Gasteiger partial charge in [0.05, 0.1) is 5.39 Å². The zero-order chi connectivity index (χ0) is 15.6. The van der Waals surface area contributed by atoms with Crippen LogP contribution in [0.1, 0.15) is 5.56 Å². The summed E-state index contributed by atoms with van der Waals surface area (Å²) in [6.45, 7) is 0. The van der Waals surface area contributed by atoms with Crippen LogP contribution in [0.5, 0.6) is 0 Å². The number of aromatic amines is 1. The highest BCUT2D eigenvalue weighted by molar-refractivity contribution is 7.98. The number of hydrogen-bond acceptors (Lipinski definition) is 5. The average Bonchev–Trinajstić information content (AvgIpc) is 3.23. The van der Waals surface area contributed by atoms with Crippen LogP contribution in [0, 0.1) is 0 Å². The number of thiophene rings is 2. The molecule has 3 nitrogen and oxygen atoms in total. The second-order valence-electron chi connectivity index (χ2n) is 4.95. The van der Waals surface area contributed by atoms with Crippen LogP contribution in [0.2, 0.25) is 0 Å². The Balaban J connectivity index is 1.67. The molecule has 4 aromatic rings. The molecule has 0 aliphatic rings. The van der Waals surface area contributed by atoms with Crippen LogP contribution in [0.3, 0.4) is 0 Å². The SMILES string of the molecule is O=c1[nH]c(SCc2ccccc2)nc2scc(-c3cccs3)c12. The van der Waals surface area contributed by atoms with E-state index in [-0.39, 0.29) is 5.56 Å². The Hall–Kier alpha value is -1.89. The Kier molecular flexibility index (Phi) is 4.03. The molecule has 4 rings (SSSR count). The zero-order valence-electron chi connectivity index (χ0n) is 12.0. The third-order valence-electron chi connectivity index (χ3n) is 3.43. The van der Waals surface area contributed by atoms with E-state index in [2.05, 4.69) is 22.1 Å². The molecule has 0 fully saturated rings. The fourth-order valence-corrected chi connectivity index (χ4v) is 4.97. The van der Waals surface area contributed by atoms with Crippen molar-refractivity contribution in [3.8, 4) is 10.4 Å². The summed E-state index contributed by atoms with van der Waals surface area (Å²) in [5.74, 6) is 0.790. The number of rotatable bonds is 4. The van der Waals surface area contributed by atoms with Crippen molar-refractivity contribution in [1.82, 2.24) is 9.97 Å². The molecule has 1 N–H and O–H groups in total. The van der Waals surface area contributed by atoms with Gasteiger partial charge < -0.3 is 4.98 Å². The van der Waals surface area contributed by atoms with Gasteiger partial charge in [-0.05, 0) is 17.0 Å². The van der Waals surface area contributed by atoms with Crippen molar-refractivity contribution in [2.24, 2.45) is 0 Å². The first-order valence-electron chi connectivity index (χ1n) is 7.03. The molecule has 3 heterocycles. The van der Waals surface area contributed by atoms with Crippen molar-refractivity contribution in [1.29, 1.82) is 0 Å². The van der Waals surface area contributed by atoms with Crippen LogP contribution in [0.4, 0.5) is 0 Å². The molecule has 0 spiro atoms.